The van der Waals surface area contributed by atoms with Gasteiger partial charge in [0.05, 0.1) is 18.5 Å². The minimum Gasteiger partial charge on any atom is -0.467 e. The lowest BCUT2D eigenvalue weighted by Crippen LogP contribution is -2.33. The summed E-state index contributed by atoms with van der Waals surface area (Å²) in [5.41, 5.74) is 2.63. The average Bonchev–Trinajstić information content (AvgIpc) is 3.21. The van der Waals surface area contributed by atoms with Crippen molar-refractivity contribution in [2.45, 2.75) is 19.9 Å². The van der Waals surface area contributed by atoms with Crippen LogP contribution in [0.25, 0.3) is 0 Å². The first-order valence-electron chi connectivity index (χ1n) is 7.99. The maximum absolute atomic E-state index is 12.9. The van der Waals surface area contributed by atoms with Crippen molar-refractivity contribution in [2.75, 3.05) is 6.54 Å². The van der Waals surface area contributed by atoms with Crippen molar-refractivity contribution in [3.05, 3.63) is 77.5 Å². The Morgan fingerprint density at radius 1 is 1.21 bits per heavy atom. The SMILES string of the molecule is Cc1cc(C(=O)N(CCc2ccccc2)Cc2ccco2)n(C)n1. The number of hydrogen-bond acceptors (Lipinski definition) is 3. The summed E-state index contributed by atoms with van der Waals surface area (Å²) in [6.07, 6.45) is 2.42. The molecule has 1 amide bonds. The molecule has 1 aromatic carbocycles. The van der Waals surface area contributed by atoms with Crippen LogP contribution in [0, 0.1) is 6.92 Å². The fourth-order valence-corrected chi connectivity index (χ4v) is 2.72. The van der Waals surface area contributed by atoms with E-state index in [-0.39, 0.29) is 5.91 Å². The molecule has 0 bridgehead atoms. The highest BCUT2D eigenvalue weighted by Gasteiger charge is 2.20. The van der Waals surface area contributed by atoms with Gasteiger partial charge in [0, 0.05) is 13.6 Å². The monoisotopic (exact) mass is 323 g/mol. The predicted octanol–water partition coefficient (Wildman–Crippen LogP) is 3.21. The first kappa shape index (κ1) is 16.1. The fourth-order valence-electron chi connectivity index (χ4n) is 2.72. The zero-order chi connectivity index (χ0) is 16.9. The Kier molecular flexibility index (Phi) is 4.79. The van der Waals surface area contributed by atoms with Gasteiger partial charge in [0.15, 0.2) is 0 Å². The zero-order valence-electron chi connectivity index (χ0n) is 14.0. The Morgan fingerprint density at radius 3 is 2.62 bits per heavy atom. The van der Waals surface area contributed by atoms with Gasteiger partial charge in [0.2, 0.25) is 0 Å². The van der Waals surface area contributed by atoms with Crippen LogP contribution in [0.1, 0.15) is 27.5 Å². The molecule has 0 atom stereocenters. The van der Waals surface area contributed by atoms with Gasteiger partial charge in [-0.1, -0.05) is 30.3 Å². The van der Waals surface area contributed by atoms with E-state index in [9.17, 15) is 4.79 Å². The van der Waals surface area contributed by atoms with Crippen molar-refractivity contribution in [3.63, 3.8) is 0 Å². The number of furan rings is 1. The van der Waals surface area contributed by atoms with Crippen molar-refractivity contribution >= 4 is 5.91 Å². The summed E-state index contributed by atoms with van der Waals surface area (Å²) in [5.74, 6) is 0.737. The van der Waals surface area contributed by atoms with Gasteiger partial charge in [-0.05, 0) is 37.1 Å². The molecule has 24 heavy (non-hydrogen) atoms. The van der Waals surface area contributed by atoms with Crippen LogP contribution in [0.4, 0.5) is 0 Å². The summed E-state index contributed by atoms with van der Waals surface area (Å²) in [6, 6.07) is 15.7. The molecule has 0 N–H and O–H groups in total. The number of nitrogens with zero attached hydrogens (tertiary/aromatic N) is 3. The van der Waals surface area contributed by atoms with E-state index in [0.29, 0.717) is 18.8 Å². The highest BCUT2D eigenvalue weighted by atomic mass is 16.3. The largest absolute Gasteiger partial charge is 0.467 e. The molecular weight excluding hydrogens is 302 g/mol. The van der Waals surface area contributed by atoms with Gasteiger partial charge < -0.3 is 9.32 Å². The molecule has 0 fully saturated rings. The molecule has 0 radical (unpaired) electrons. The molecule has 2 aromatic heterocycles. The summed E-state index contributed by atoms with van der Waals surface area (Å²) in [4.78, 5) is 14.8. The van der Waals surface area contributed by atoms with E-state index >= 15 is 0 Å². The van der Waals surface area contributed by atoms with Crippen molar-refractivity contribution in [1.29, 1.82) is 0 Å². The number of aryl methyl sites for hydroxylation is 2. The topological polar surface area (TPSA) is 51.3 Å². The summed E-state index contributed by atoms with van der Waals surface area (Å²) < 4.78 is 7.06. The molecule has 5 nitrogen and oxygen atoms in total. The Morgan fingerprint density at radius 2 is 2.00 bits per heavy atom. The molecule has 0 aliphatic carbocycles. The van der Waals surface area contributed by atoms with Crippen LogP contribution in [0.5, 0.6) is 0 Å². The van der Waals surface area contributed by atoms with Crippen LogP contribution < -0.4 is 0 Å². The van der Waals surface area contributed by atoms with Crippen LogP contribution in [0.15, 0.2) is 59.2 Å². The van der Waals surface area contributed by atoms with Gasteiger partial charge in [-0.15, -0.1) is 0 Å². The van der Waals surface area contributed by atoms with Gasteiger partial charge in [-0.2, -0.15) is 5.10 Å². The number of hydrogen-bond donors (Lipinski definition) is 0. The van der Waals surface area contributed by atoms with E-state index < -0.39 is 0 Å². The maximum atomic E-state index is 12.9. The summed E-state index contributed by atoms with van der Waals surface area (Å²) in [6.45, 7) is 2.95. The molecule has 5 heteroatoms. The smallest absolute Gasteiger partial charge is 0.272 e. The minimum atomic E-state index is -0.0366. The van der Waals surface area contributed by atoms with Crippen molar-refractivity contribution < 1.29 is 9.21 Å². The van der Waals surface area contributed by atoms with E-state index in [2.05, 4.69) is 17.2 Å². The van der Waals surface area contributed by atoms with Crippen LogP contribution in [0.3, 0.4) is 0 Å². The molecule has 0 unspecified atom stereocenters. The lowest BCUT2D eigenvalue weighted by molar-refractivity contribution is 0.0722. The number of amides is 1. The fraction of sp³-hybridized carbons (Fsp3) is 0.263. The van der Waals surface area contributed by atoms with E-state index in [1.54, 1.807) is 18.0 Å². The Bertz CT molecular complexity index is 791. The molecular formula is C19H21N3O2. The molecule has 0 saturated carbocycles. The Labute approximate surface area is 141 Å². The van der Waals surface area contributed by atoms with E-state index in [0.717, 1.165) is 17.9 Å². The van der Waals surface area contributed by atoms with Crippen molar-refractivity contribution in [2.24, 2.45) is 7.05 Å². The molecule has 3 aromatic rings. The first-order chi connectivity index (χ1) is 11.6. The third kappa shape index (κ3) is 3.74. The zero-order valence-corrected chi connectivity index (χ0v) is 14.0. The molecule has 0 saturated heterocycles. The Hall–Kier alpha value is -2.82. The van der Waals surface area contributed by atoms with Crippen LogP contribution in [0.2, 0.25) is 0 Å². The van der Waals surface area contributed by atoms with Gasteiger partial charge in [-0.25, -0.2) is 0 Å². The van der Waals surface area contributed by atoms with Gasteiger partial charge in [0.25, 0.3) is 5.91 Å². The molecule has 124 valence electrons. The van der Waals surface area contributed by atoms with Crippen LogP contribution in [-0.2, 0) is 20.0 Å². The number of rotatable bonds is 6. The van der Waals surface area contributed by atoms with E-state index in [4.69, 9.17) is 4.42 Å². The summed E-state index contributed by atoms with van der Waals surface area (Å²) >= 11 is 0. The minimum absolute atomic E-state index is 0.0366. The average molecular weight is 323 g/mol. The second-order valence-corrected chi connectivity index (χ2v) is 5.84. The lowest BCUT2D eigenvalue weighted by Gasteiger charge is -2.21. The standard InChI is InChI=1S/C19H21N3O2/c1-15-13-18(21(2)20-15)19(23)22(14-17-9-6-12-24-17)11-10-16-7-4-3-5-8-16/h3-9,12-13H,10-11,14H2,1-2H3. The Balaban J connectivity index is 1.78. The highest BCUT2D eigenvalue weighted by molar-refractivity contribution is 5.92. The maximum Gasteiger partial charge on any atom is 0.272 e. The molecule has 0 aliphatic rings. The van der Waals surface area contributed by atoms with Gasteiger partial charge in [-0.3, -0.25) is 9.48 Å². The van der Waals surface area contributed by atoms with Crippen LogP contribution in [-0.4, -0.2) is 27.1 Å². The predicted molar refractivity (Wildman–Crippen MR) is 91.5 cm³/mol. The highest BCUT2D eigenvalue weighted by Crippen LogP contribution is 2.13. The number of aromatic nitrogens is 2. The molecule has 2 heterocycles. The third-order valence-corrected chi connectivity index (χ3v) is 3.95. The third-order valence-electron chi connectivity index (χ3n) is 3.95. The number of carbonyl (C=O) groups is 1. The lowest BCUT2D eigenvalue weighted by atomic mass is 10.1. The summed E-state index contributed by atoms with van der Waals surface area (Å²) in [5, 5.41) is 4.28. The first-order valence-corrected chi connectivity index (χ1v) is 7.99. The van der Waals surface area contributed by atoms with E-state index in [1.165, 1.54) is 5.56 Å². The van der Waals surface area contributed by atoms with E-state index in [1.807, 2.05) is 48.2 Å². The normalized spacial score (nSPS) is 10.8. The second-order valence-electron chi connectivity index (χ2n) is 5.84. The second kappa shape index (κ2) is 7.17. The van der Waals surface area contributed by atoms with Gasteiger partial charge in [0.1, 0.15) is 11.5 Å². The molecule has 0 aliphatic heterocycles. The van der Waals surface area contributed by atoms with Crippen molar-refractivity contribution in [3.8, 4) is 0 Å². The number of benzene rings is 1. The van der Waals surface area contributed by atoms with Gasteiger partial charge >= 0.3 is 0 Å². The van der Waals surface area contributed by atoms with Crippen LogP contribution >= 0.6 is 0 Å². The van der Waals surface area contributed by atoms with Crippen molar-refractivity contribution in [1.82, 2.24) is 14.7 Å². The molecule has 3 rings (SSSR count). The number of carbonyl (C=O) groups excluding carboxylic acids is 1. The molecule has 0 spiro atoms. The quantitative estimate of drug-likeness (QED) is 0.700. The summed E-state index contributed by atoms with van der Waals surface area (Å²) in [7, 11) is 1.79.